The quantitative estimate of drug-likeness (QED) is 0.844. The summed E-state index contributed by atoms with van der Waals surface area (Å²) in [6.45, 7) is 5.73. The van der Waals surface area contributed by atoms with Gasteiger partial charge in [-0.1, -0.05) is 26.0 Å². The van der Waals surface area contributed by atoms with Crippen LogP contribution in [-0.2, 0) is 5.41 Å². The first-order valence-corrected chi connectivity index (χ1v) is 6.08. The van der Waals surface area contributed by atoms with Crippen LogP contribution in [0.25, 0.3) is 0 Å². The third-order valence-corrected chi connectivity index (χ3v) is 3.94. The molecule has 88 valence electrons. The summed E-state index contributed by atoms with van der Waals surface area (Å²) < 4.78 is 5.31. The van der Waals surface area contributed by atoms with Crippen molar-refractivity contribution in [3.05, 3.63) is 29.8 Å². The van der Waals surface area contributed by atoms with Crippen molar-refractivity contribution in [2.75, 3.05) is 13.7 Å². The zero-order valence-corrected chi connectivity index (χ0v) is 10.4. The van der Waals surface area contributed by atoms with Gasteiger partial charge in [0.25, 0.3) is 0 Å². The minimum Gasteiger partial charge on any atom is -0.497 e. The molecule has 2 atom stereocenters. The van der Waals surface area contributed by atoms with E-state index in [1.165, 1.54) is 18.4 Å². The fourth-order valence-corrected chi connectivity index (χ4v) is 2.82. The van der Waals surface area contributed by atoms with Crippen LogP contribution >= 0.6 is 0 Å². The number of benzene rings is 1. The van der Waals surface area contributed by atoms with E-state index in [9.17, 15) is 0 Å². The van der Waals surface area contributed by atoms with Gasteiger partial charge in [0.15, 0.2) is 0 Å². The lowest BCUT2D eigenvalue weighted by atomic mass is 9.75. The average molecular weight is 219 g/mol. The molecule has 0 aliphatic carbocycles. The molecule has 1 saturated heterocycles. The van der Waals surface area contributed by atoms with Crippen LogP contribution in [0, 0.1) is 0 Å². The van der Waals surface area contributed by atoms with Crippen molar-refractivity contribution >= 4 is 0 Å². The molecule has 0 aromatic heterocycles. The molecule has 1 N–H and O–H groups in total. The maximum atomic E-state index is 5.31. The van der Waals surface area contributed by atoms with Gasteiger partial charge in [-0.2, -0.15) is 0 Å². The van der Waals surface area contributed by atoms with E-state index < -0.39 is 0 Å². The van der Waals surface area contributed by atoms with Crippen LogP contribution in [-0.4, -0.2) is 19.7 Å². The first-order chi connectivity index (χ1) is 7.70. The first-order valence-electron chi connectivity index (χ1n) is 6.08. The van der Waals surface area contributed by atoms with Gasteiger partial charge in [-0.05, 0) is 37.1 Å². The van der Waals surface area contributed by atoms with Gasteiger partial charge in [0, 0.05) is 11.5 Å². The van der Waals surface area contributed by atoms with Gasteiger partial charge in [-0.15, -0.1) is 0 Å². The second-order valence-corrected chi connectivity index (χ2v) is 4.81. The lowest BCUT2D eigenvalue weighted by Gasteiger charge is -2.31. The van der Waals surface area contributed by atoms with Crippen LogP contribution in [0.3, 0.4) is 0 Å². The van der Waals surface area contributed by atoms with Crippen LogP contribution in [0.1, 0.15) is 32.3 Å². The summed E-state index contributed by atoms with van der Waals surface area (Å²) >= 11 is 0. The minimum absolute atomic E-state index is 0.253. The molecular weight excluding hydrogens is 198 g/mol. The summed E-state index contributed by atoms with van der Waals surface area (Å²) in [6.07, 6.45) is 2.38. The van der Waals surface area contributed by atoms with Crippen LogP contribution in [0.5, 0.6) is 5.75 Å². The Morgan fingerprint density at radius 1 is 1.50 bits per heavy atom. The molecule has 1 fully saturated rings. The molecule has 16 heavy (non-hydrogen) atoms. The van der Waals surface area contributed by atoms with E-state index in [1.807, 2.05) is 6.07 Å². The largest absolute Gasteiger partial charge is 0.497 e. The Labute approximate surface area is 98.0 Å². The molecular formula is C14H21NO. The minimum atomic E-state index is 0.253. The Bertz CT molecular complexity index is 364. The highest BCUT2D eigenvalue weighted by Crippen LogP contribution is 2.37. The lowest BCUT2D eigenvalue weighted by molar-refractivity contribution is 0.385. The van der Waals surface area contributed by atoms with Gasteiger partial charge in [-0.25, -0.2) is 0 Å². The molecule has 0 bridgehead atoms. The predicted octanol–water partition coefficient (Wildman–Crippen LogP) is 2.72. The summed E-state index contributed by atoms with van der Waals surface area (Å²) in [7, 11) is 1.73. The van der Waals surface area contributed by atoms with Crippen molar-refractivity contribution in [3.63, 3.8) is 0 Å². The Morgan fingerprint density at radius 3 is 3.00 bits per heavy atom. The van der Waals surface area contributed by atoms with E-state index in [2.05, 4.69) is 37.4 Å². The van der Waals surface area contributed by atoms with E-state index >= 15 is 0 Å². The van der Waals surface area contributed by atoms with Crippen LogP contribution in [0.2, 0.25) is 0 Å². The molecule has 0 amide bonds. The molecule has 1 heterocycles. The third-order valence-electron chi connectivity index (χ3n) is 3.94. The van der Waals surface area contributed by atoms with E-state index in [4.69, 9.17) is 4.74 Å². The maximum absolute atomic E-state index is 5.31. The normalized spacial score (nSPS) is 29.3. The monoisotopic (exact) mass is 219 g/mol. The summed E-state index contributed by atoms with van der Waals surface area (Å²) in [5.74, 6) is 0.959. The smallest absolute Gasteiger partial charge is 0.119 e. The lowest BCUT2D eigenvalue weighted by Crippen LogP contribution is -2.37. The van der Waals surface area contributed by atoms with Gasteiger partial charge in [0.1, 0.15) is 5.75 Å². The summed E-state index contributed by atoms with van der Waals surface area (Å²) in [4.78, 5) is 0. The van der Waals surface area contributed by atoms with Crippen molar-refractivity contribution in [2.24, 2.45) is 0 Å². The van der Waals surface area contributed by atoms with Crippen molar-refractivity contribution in [3.8, 4) is 5.75 Å². The number of hydrogen-bond acceptors (Lipinski definition) is 2. The molecule has 1 aromatic carbocycles. The topological polar surface area (TPSA) is 21.3 Å². The number of methoxy groups -OCH3 is 1. The molecule has 2 nitrogen and oxygen atoms in total. The number of nitrogens with one attached hydrogen (secondary N) is 1. The Hall–Kier alpha value is -1.02. The van der Waals surface area contributed by atoms with Gasteiger partial charge in [0.2, 0.25) is 0 Å². The van der Waals surface area contributed by atoms with E-state index in [-0.39, 0.29) is 5.41 Å². The predicted molar refractivity (Wildman–Crippen MR) is 67.0 cm³/mol. The second kappa shape index (κ2) is 4.46. The highest BCUT2D eigenvalue weighted by molar-refractivity contribution is 5.35. The van der Waals surface area contributed by atoms with E-state index in [0.29, 0.717) is 6.04 Å². The fourth-order valence-electron chi connectivity index (χ4n) is 2.82. The highest BCUT2D eigenvalue weighted by atomic mass is 16.5. The number of rotatable bonds is 3. The third kappa shape index (κ3) is 1.82. The van der Waals surface area contributed by atoms with Gasteiger partial charge in [-0.3, -0.25) is 0 Å². The van der Waals surface area contributed by atoms with E-state index in [0.717, 1.165) is 12.3 Å². The summed E-state index contributed by atoms with van der Waals surface area (Å²) in [5.41, 5.74) is 1.65. The van der Waals surface area contributed by atoms with E-state index in [1.54, 1.807) is 7.11 Å². The summed E-state index contributed by atoms with van der Waals surface area (Å²) in [6, 6.07) is 9.08. The number of hydrogen-bond donors (Lipinski definition) is 1. The Morgan fingerprint density at radius 2 is 2.31 bits per heavy atom. The first kappa shape index (κ1) is 11.5. The van der Waals surface area contributed by atoms with Crippen molar-refractivity contribution < 1.29 is 4.74 Å². The molecule has 0 spiro atoms. The highest BCUT2D eigenvalue weighted by Gasteiger charge is 2.38. The second-order valence-electron chi connectivity index (χ2n) is 4.81. The van der Waals surface area contributed by atoms with Crippen molar-refractivity contribution in [1.82, 2.24) is 5.32 Å². The van der Waals surface area contributed by atoms with Crippen molar-refractivity contribution in [2.45, 2.75) is 38.1 Å². The van der Waals surface area contributed by atoms with Gasteiger partial charge >= 0.3 is 0 Å². The molecule has 1 aliphatic rings. The molecule has 2 heteroatoms. The van der Waals surface area contributed by atoms with Crippen LogP contribution in [0.4, 0.5) is 0 Å². The summed E-state index contributed by atoms with van der Waals surface area (Å²) in [5, 5.41) is 3.59. The maximum Gasteiger partial charge on any atom is 0.119 e. The van der Waals surface area contributed by atoms with Crippen LogP contribution < -0.4 is 10.1 Å². The number of ether oxygens (including phenoxy) is 1. The molecule has 1 aliphatic heterocycles. The van der Waals surface area contributed by atoms with Gasteiger partial charge < -0.3 is 10.1 Å². The molecule has 2 rings (SSSR count). The molecule has 0 radical (unpaired) electrons. The Kier molecular flexibility index (Phi) is 3.20. The van der Waals surface area contributed by atoms with Crippen molar-refractivity contribution in [1.29, 1.82) is 0 Å². The average Bonchev–Trinajstić information content (AvgIpc) is 2.72. The zero-order chi connectivity index (χ0) is 11.6. The molecule has 2 unspecified atom stereocenters. The molecule has 1 aromatic rings. The molecule has 0 saturated carbocycles. The van der Waals surface area contributed by atoms with Gasteiger partial charge in [0.05, 0.1) is 7.11 Å². The fraction of sp³-hybridized carbons (Fsp3) is 0.571. The Balaban J connectivity index is 2.34. The van der Waals surface area contributed by atoms with Crippen LogP contribution in [0.15, 0.2) is 24.3 Å². The standard InChI is InChI=1S/C14H21NO/c1-4-13-14(2,8-9-15-13)11-6-5-7-12(10-11)16-3/h5-7,10,13,15H,4,8-9H2,1-3H3. The zero-order valence-electron chi connectivity index (χ0n) is 10.4. The SMILES string of the molecule is CCC1NCCC1(C)c1cccc(OC)c1.